The van der Waals surface area contributed by atoms with Crippen molar-refractivity contribution in [3.8, 4) is 5.75 Å². The van der Waals surface area contributed by atoms with Crippen molar-refractivity contribution in [1.82, 2.24) is 9.88 Å². The van der Waals surface area contributed by atoms with Crippen LogP contribution in [0.15, 0.2) is 95.3 Å². The molecule has 0 fully saturated rings. The minimum Gasteiger partial charge on any atom is -0.492 e. The normalized spacial score (nSPS) is 11.1. The van der Waals surface area contributed by atoms with E-state index >= 15 is 0 Å². The molecule has 2 aromatic carbocycles. The van der Waals surface area contributed by atoms with Crippen molar-refractivity contribution in [3.05, 3.63) is 111 Å². The Labute approximate surface area is 194 Å². The van der Waals surface area contributed by atoms with Crippen LogP contribution in [0, 0.1) is 0 Å². The van der Waals surface area contributed by atoms with E-state index in [1.54, 1.807) is 4.57 Å². The average Bonchev–Trinajstić information content (AvgIpc) is 2.76. The molecule has 0 saturated heterocycles. The highest BCUT2D eigenvalue weighted by Gasteiger charge is 2.10. The maximum atomic E-state index is 13.2. The summed E-state index contributed by atoms with van der Waals surface area (Å²) >= 11 is 6.21. The van der Waals surface area contributed by atoms with Crippen LogP contribution in [0.5, 0.6) is 5.75 Å². The maximum absolute atomic E-state index is 13.2. The minimum absolute atomic E-state index is 0.0466. The topological polar surface area (TPSA) is 43.3 Å². The molecule has 0 amide bonds. The number of fused-ring (bicyclic) bond motifs is 1. The van der Waals surface area contributed by atoms with Crippen molar-refractivity contribution >= 4 is 22.5 Å². The van der Waals surface area contributed by atoms with Crippen molar-refractivity contribution in [2.45, 2.75) is 26.9 Å². The lowest BCUT2D eigenvalue weighted by Crippen LogP contribution is -2.29. The standard InChI is InChI=1S/C27H29ClN2O2/c1-20(2)8-7-9-21(3)18-29-19-23-16-22-12-13-24(28)17-26(22)30(27(23)31)14-15-32-25-10-5-4-6-11-25/h4-13,16-17,29H,3,14-15,18-19H2,1-2H3/b9-7-. The first-order valence-corrected chi connectivity index (χ1v) is 11.0. The zero-order valence-electron chi connectivity index (χ0n) is 18.6. The molecule has 1 heterocycles. The molecule has 0 bridgehead atoms. The van der Waals surface area contributed by atoms with Gasteiger partial charge in [0.25, 0.3) is 5.56 Å². The smallest absolute Gasteiger partial charge is 0.255 e. The van der Waals surface area contributed by atoms with E-state index in [0.717, 1.165) is 22.2 Å². The van der Waals surface area contributed by atoms with Gasteiger partial charge in [-0.2, -0.15) is 0 Å². The van der Waals surface area contributed by atoms with Gasteiger partial charge < -0.3 is 14.6 Å². The lowest BCUT2D eigenvalue weighted by atomic mass is 10.1. The number of halogens is 1. The van der Waals surface area contributed by atoms with Crippen molar-refractivity contribution in [3.63, 3.8) is 0 Å². The van der Waals surface area contributed by atoms with Crippen LogP contribution >= 0.6 is 11.6 Å². The van der Waals surface area contributed by atoms with Crippen LogP contribution in [-0.2, 0) is 13.1 Å². The second-order valence-electron chi connectivity index (χ2n) is 7.86. The monoisotopic (exact) mass is 448 g/mol. The molecule has 1 aromatic heterocycles. The Hall–Kier alpha value is -3.08. The van der Waals surface area contributed by atoms with Gasteiger partial charge >= 0.3 is 0 Å². The number of pyridine rings is 1. The largest absolute Gasteiger partial charge is 0.492 e. The Morgan fingerprint density at radius 1 is 1.16 bits per heavy atom. The van der Waals surface area contributed by atoms with Gasteiger partial charge in [0.1, 0.15) is 12.4 Å². The van der Waals surface area contributed by atoms with E-state index in [0.29, 0.717) is 36.8 Å². The number of allylic oxidation sites excluding steroid dienone is 3. The Bertz CT molecular complexity index is 1190. The summed E-state index contributed by atoms with van der Waals surface area (Å²) in [4.78, 5) is 13.2. The van der Waals surface area contributed by atoms with E-state index in [1.165, 1.54) is 5.57 Å². The highest BCUT2D eigenvalue weighted by atomic mass is 35.5. The van der Waals surface area contributed by atoms with Crippen molar-refractivity contribution < 1.29 is 4.74 Å². The number of ether oxygens (including phenoxy) is 1. The van der Waals surface area contributed by atoms with Gasteiger partial charge in [-0.25, -0.2) is 0 Å². The van der Waals surface area contributed by atoms with Crippen LogP contribution in [0.4, 0.5) is 0 Å². The van der Waals surface area contributed by atoms with Gasteiger partial charge in [0.2, 0.25) is 0 Å². The molecular formula is C27H29ClN2O2. The van der Waals surface area contributed by atoms with Crippen LogP contribution in [0.2, 0.25) is 5.02 Å². The number of nitrogens with one attached hydrogen (secondary N) is 1. The maximum Gasteiger partial charge on any atom is 0.255 e. The number of benzene rings is 2. The molecule has 32 heavy (non-hydrogen) atoms. The summed E-state index contributed by atoms with van der Waals surface area (Å²) in [5, 5.41) is 4.89. The molecular weight excluding hydrogens is 420 g/mol. The highest BCUT2D eigenvalue weighted by molar-refractivity contribution is 6.31. The molecule has 0 radical (unpaired) electrons. The minimum atomic E-state index is -0.0466. The van der Waals surface area contributed by atoms with Crippen LogP contribution in [0.25, 0.3) is 10.9 Å². The molecule has 0 aliphatic rings. The van der Waals surface area contributed by atoms with Crippen LogP contribution < -0.4 is 15.6 Å². The Morgan fingerprint density at radius 3 is 2.69 bits per heavy atom. The first-order chi connectivity index (χ1) is 15.4. The van der Waals surface area contributed by atoms with Crippen molar-refractivity contribution in [1.29, 1.82) is 0 Å². The third-order valence-corrected chi connectivity index (χ3v) is 5.12. The van der Waals surface area contributed by atoms with Gasteiger partial charge in [-0.1, -0.05) is 66.2 Å². The summed E-state index contributed by atoms with van der Waals surface area (Å²) < 4.78 is 7.56. The van der Waals surface area contributed by atoms with Crippen LogP contribution in [0.1, 0.15) is 19.4 Å². The molecule has 0 atom stereocenters. The van der Waals surface area contributed by atoms with Gasteiger partial charge in [0.05, 0.1) is 12.1 Å². The third-order valence-electron chi connectivity index (χ3n) is 4.89. The fourth-order valence-electron chi connectivity index (χ4n) is 3.32. The quantitative estimate of drug-likeness (QED) is 0.392. The van der Waals surface area contributed by atoms with Gasteiger partial charge in [0, 0.05) is 23.7 Å². The van der Waals surface area contributed by atoms with Crippen LogP contribution in [-0.4, -0.2) is 17.7 Å². The van der Waals surface area contributed by atoms with Gasteiger partial charge in [-0.3, -0.25) is 4.79 Å². The number of para-hydroxylation sites is 1. The van der Waals surface area contributed by atoms with Gasteiger partial charge in [0.15, 0.2) is 0 Å². The average molecular weight is 449 g/mol. The zero-order valence-corrected chi connectivity index (χ0v) is 19.4. The number of aromatic nitrogens is 1. The number of hydrogen-bond donors (Lipinski definition) is 1. The molecule has 166 valence electrons. The molecule has 0 aliphatic heterocycles. The molecule has 3 aromatic rings. The SMILES string of the molecule is C=C(/C=C\C=C(C)C)CNCc1cc2ccc(Cl)cc2n(CCOc2ccccc2)c1=O. The van der Waals surface area contributed by atoms with E-state index in [2.05, 4.69) is 11.9 Å². The number of nitrogens with zero attached hydrogens (tertiary/aromatic N) is 1. The molecule has 0 unspecified atom stereocenters. The van der Waals surface area contributed by atoms with E-state index < -0.39 is 0 Å². The molecule has 0 aliphatic carbocycles. The first-order valence-electron chi connectivity index (χ1n) is 10.6. The van der Waals surface area contributed by atoms with Gasteiger partial charge in [-0.05, 0) is 55.1 Å². The van der Waals surface area contributed by atoms with Crippen molar-refractivity contribution in [2.75, 3.05) is 13.2 Å². The first kappa shape index (κ1) is 23.6. The molecule has 4 nitrogen and oxygen atoms in total. The predicted molar refractivity (Wildman–Crippen MR) is 135 cm³/mol. The van der Waals surface area contributed by atoms with E-state index in [1.807, 2.05) is 86.7 Å². The van der Waals surface area contributed by atoms with E-state index in [4.69, 9.17) is 16.3 Å². The zero-order chi connectivity index (χ0) is 22.9. The number of rotatable bonds is 10. The summed E-state index contributed by atoms with van der Waals surface area (Å²) in [7, 11) is 0. The molecule has 3 rings (SSSR count). The molecule has 0 spiro atoms. The highest BCUT2D eigenvalue weighted by Crippen LogP contribution is 2.19. The third kappa shape index (κ3) is 6.71. The lowest BCUT2D eigenvalue weighted by molar-refractivity contribution is 0.298. The summed E-state index contributed by atoms with van der Waals surface area (Å²) in [5.41, 5.74) is 3.63. The molecule has 5 heteroatoms. The second-order valence-corrected chi connectivity index (χ2v) is 8.29. The predicted octanol–water partition coefficient (Wildman–Crippen LogP) is 5.90. The number of hydrogen-bond acceptors (Lipinski definition) is 3. The Kier molecular flexibility index (Phi) is 8.48. The van der Waals surface area contributed by atoms with E-state index in [9.17, 15) is 4.79 Å². The summed E-state index contributed by atoms with van der Waals surface area (Å²) in [6.45, 7) is 10.0. The Balaban J connectivity index is 1.75. The second kappa shape index (κ2) is 11.5. The summed E-state index contributed by atoms with van der Waals surface area (Å²) in [6.07, 6.45) is 6.00. The Morgan fingerprint density at radius 2 is 1.94 bits per heavy atom. The lowest BCUT2D eigenvalue weighted by Gasteiger charge is -2.14. The molecule has 1 N–H and O–H groups in total. The molecule has 0 saturated carbocycles. The van der Waals surface area contributed by atoms with Crippen molar-refractivity contribution in [2.24, 2.45) is 0 Å². The fraction of sp³-hybridized carbons (Fsp3) is 0.222. The van der Waals surface area contributed by atoms with E-state index in [-0.39, 0.29) is 5.56 Å². The van der Waals surface area contributed by atoms with Crippen LogP contribution in [0.3, 0.4) is 0 Å². The summed E-state index contributed by atoms with van der Waals surface area (Å²) in [6, 6.07) is 17.1. The van der Waals surface area contributed by atoms with Gasteiger partial charge in [-0.15, -0.1) is 0 Å². The fourth-order valence-corrected chi connectivity index (χ4v) is 3.48. The summed E-state index contributed by atoms with van der Waals surface area (Å²) in [5.74, 6) is 0.778.